The zero-order valence-corrected chi connectivity index (χ0v) is 15.7. The zero-order chi connectivity index (χ0) is 15.5. The summed E-state index contributed by atoms with van der Waals surface area (Å²) in [5, 5.41) is 13.4. The van der Waals surface area contributed by atoms with E-state index in [0.29, 0.717) is 13.0 Å². The fraction of sp³-hybridized carbons (Fsp3) is 0.562. The molecule has 0 aromatic heterocycles. The number of aliphatic hydroxyl groups excluding tert-OH is 1. The summed E-state index contributed by atoms with van der Waals surface area (Å²) in [6, 6.07) is 7.70. The van der Waals surface area contributed by atoms with E-state index in [-0.39, 0.29) is 36.8 Å². The zero-order valence-electron chi connectivity index (χ0n) is 13.4. The van der Waals surface area contributed by atoms with E-state index >= 15 is 0 Å². The molecule has 2 N–H and O–H groups in total. The lowest BCUT2D eigenvalue weighted by Crippen LogP contribution is -2.52. The van der Waals surface area contributed by atoms with Crippen LogP contribution in [0.4, 0.5) is 0 Å². The minimum atomic E-state index is -0.391. The van der Waals surface area contributed by atoms with E-state index in [9.17, 15) is 9.90 Å². The highest BCUT2D eigenvalue weighted by atomic mass is 35.5. The van der Waals surface area contributed by atoms with Crippen molar-refractivity contribution in [3.8, 4) is 0 Å². The molecule has 2 atom stereocenters. The van der Waals surface area contributed by atoms with Crippen LogP contribution >= 0.6 is 36.4 Å². The molecule has 2 saturated heterocycles. The quantitative estimate of drug-likeness (QED) is 0.814. The number of benzene rings is 1. The van der Waals surface area contributed by atoms with Crippen molar-refractivity contribution in [2.24, 2.45) is 0 Å². The Labute approximate surface area is 160 Å². The van der Waals surface area contributed by atoms with E-state index in [4.69, 9.17) is 11.6 Å². The third kappa shape index (κ3) is 5.48. The van der Waals surface area contributed by atoms with Crippen LogP contribution in [0.2, 0.25) is 5.02 Å². The summed E-state index contributed by atoms with van der Waals surface area (Å²) < 4.78 is 0. The third-order valence-corrected chi connectivity index (χ3v) is 4.62. The Balaban J connectivity index is 0.00000144. The molecule has 0 spiro atoms. The monoisotopic (exact) mass is 395 g/mol. The van der Waals surface area contributed by atoms with Crippen molar-refractivity contribution < 1.29 is 9.90 Å². The van der Waals surface area contributed by atoms with Gasteiger partial charge in [0.05, 0.1) is 12.1 Å². The molecule has 2 heterocycles. The number of aliphatic hydroxyl groups is 1. The summed E-state index contributed by atoms with van der Waals surface area (Å²) in [4.78, 5) is 16.6. The van der Waals surface area contributed by atoms with E-state index in [1.54, 1.807) is 0 Å². The highest BCUT2D eigenvalue weighted by molar-refractivity contribution is 6.30. The van der Waals surface area contributed by atoms with E-state index in [0.717, 1.165) is 37.7 Å². The Kier molecular flexibility index (Phi) is 8.77. The maximum atomic E-state index is 12.4. The van der Waals surface area contributed by atoms with Gasteiger partial charge in [0.25, 0.3) is 0 Å². The summed E-state index contributed by atoms with van der Waals surface area (Å²) in [7, 11) is 0. The summed E-state index contributed by atoms with van der Waals surface area (Å²) >= 11 is 6.01. The van der Waals surface area contributed by atoms with Gasteiger partial charge in [-0.05, 0) is 24.1 Å². The second-order valence-electron chi connectivity index (χ2n) is 6.08. The Morgan fingerprint density at radius 3 is 2.54 bits per heavy atom. The molecule has 8 heteroatoms. The molecule has 1 aromatic carbocycles. The number of nitrogens with one attached hydrogen (secondary N) is 1. The van der Waals surface area contributed by atoms with Crippen LogP contribution < -0.4 is 5.32 Å². The lowest BCUT2D eigenvalue weighted by Gasteiger charge is -2.36. The van der Waals surface area contributed by atoms with Crippen LogP contribution in [0.25, 0.3) is 0 Å². The fourth-order valence-corrected chi connectivity index (χ4v) is 3.36. The summed E-state index contributed by atoms with van der Waals surface area (Å²) in [5.74, 6) is 0.124. The Morgan fingerprint density at radius 2 is 1.96 bits per heavy atom. The van der Waals surface area contributed by atoms with Crippen LogP contribution in [0.5, 0.6) is 0 Å². The number of nitrogens with zero attached hydrogens (tertiary/aromatic N) is 2. The van der Waals surface area contributed by atoms with Gasteiger partial charge >= 0.3 is 0 Å². The Bertz CT molecular complexity index is 539. The molecular formula is C16H24Cl3N3O2. The summed E-state index contributed by atoms with van der Waals surface area (Å²) in [5.41, 5.74) is 1.20. The van der Waals surface area contributed by atoms with Crippen LogP contribution in [-0.4, -0.2) is 65.7 Å². The van der Waals surface area contributed by atoms with Crippen molar-refractivity contribution in [1.82, 2.24) is 15.1 Å². The van der Waals surface area contributed by atoms with Gasteiger partial charge in [-0.2, -0.15) is 0 Å². The lowest BCUT2D eigenvalue weighted by atomic mass is 10.1. The standard InChI is InChI=1S/C16H22ClN3O2.2ClH/c17-13-3-1-2-12(8-13)11-19-4-6-20(7-5-19)16(22)15-9-14(21)10-18-15;;/h1-3,8,14-15,18,21H,4-7,9-11H2;2*1H. The largest absolute Gasteiger partial charge is 0.392 e. The first kappa shape index (κ1) is 21.5. The van der Waals surface area contributed by atoms with Crippen molar-refractivity contribution in [2.45, 2.75) is 25.1 Å². The van der Waals surface area contributed by atoms with Gasteiger partial charge in [-0.25, -0.2) is 0 Å². The predicted octanol–water partition coefficient (Wildman–Crippen LogP) is 1.55. The minimum absolute atomic E-state index is 0. The number of halogens is 3. The van der Waals surface area contributed by atoms with Gasteiger partial charge in [-0.1, -0.05) is 23.7 Å². The molecule has 2 unspecified atom stereocenters. The number of β-amino-alcohol motifs (C(OH)–C–C–N with tert-alkyl or cyclic N) is 1. The second-order valence-corrected chi connectivity index (χ2v) is 6.52. The SMILES string of the molecule is Cl.Cl.O=C(C1CC(O)CN1)N1CCN(Cc2cccc(Cl)c2)CC1. The lowest BCUT2D eigenvalue weighted by molar-refractivity contribution is -0.135. The van der Waals surface area contributed by atoms with Gasteiger partial charge in [0.2, 0.25) is 5.91 Å². The van der Waals surface area contributed by atoms with E-state index < -0.39 is 6.10 Å². The number of hydrogen-bond acceptors (Lipinski definition) is 4. The highest BCUT2D eigenvalue weighted by Crippen LogP contribution is 2.15. The van der Waals surface area contributed by atoms with Gasteiger partial charge in [0.1, 0.15) is 0 Å². The maximum Gasteiger partial charge on any atom is 0.239 e. The molecule has 2 aliphatic heterocycles. The minimum Gasteiger partial charge on any atom is -0.392 e. The maximum absolute atomic E-state index is 12.4. The van der Waals surface area contributed by atoms with Crippen molar-refractivity contribution in [3.05, 3.63) is 34.9 Å². The Morgan fingerprint density at radius 1 is 1.25 bits per heavy atom. The van der Waals surface area contributed by atoms with Gasteiger partial charge in [-0.3, -0.25) is 9.69 Å². The van der Waals surface area contributed by atoms with Gasteiger partial charge in [-0.15, -0.1) is 24.8 Å². The average Bonchev–Trinajstić information content (AvgIpc) is 2.94. The van der Waals surface area contributed by atoms with Crippen LogP contribution in [0.3, 0.4) is 0 Å². The van der Waals surface area contributed by atoms with Crippen molar-refractivity contribution in [3.63, 3.8) is 0 Å². The number of amides is 1. The van der Waals surface area contributed by atoms with Crippen molar-refractivity contribution >= 4 is 42.3 Å². The topological polar surface area (TPSA) is 55.8 Å². The average molecular weight is 397 g/mol. The molecule has 0 saturated carbocycles. The molecule has 24 heavy (non-hydrogen) atoms. The molecule has 0 aliphatic carbocycles. The molecular weight excluding hydrogens is 373 g/mol. The van der Waals surface area contributed by atoms with Gasteiger partial charge < -0.3 is 15.3 Å². The third-order valence-electron chi connectivity index (χ3n) is 4.38. The molecule has 136 valence electrons. The Hall–Kier alpha value is -0.560. The molecule has 2 fully saturated rings. The van der Waals surface area contributed by atoms with Crippen LogP contribution in [0.15, 0.2) is 24.3 Å². The van der Waals surface area contributed by atoms with Crippen LogP contribution in [0, 0.1) is 0 Å². The number of piperazine rings is 1. The number of carbonyl (C=O) groups excluding carboxylic acids is 1. The number of carbonyl (C=O) groups is 1. The smallest absolute Gasteiger partial charge is 0.239 e. The first-order chi connectivity index (χ1) is 10.6. The predicted molar refractivity (Wildman–Crippen MR) is 100 cm³/mol. The first-order valence-electron chi connectivity index (χ1n) is 7.79. The second kappa shape index (κ2) is 9.80. The molecule has 1 aromatic rings. The van der Waals surface area contributed by atoms with Gasteiger partial charge in [0.15, 0.2) is 0 Å². The molecule has 1 amide bonds. The van der Waals surface area contributed by atoms with Crippen molar-refractivity contribution in [2.75, 3.05) is 32.7 Å². The molecule has 5 nitrogen and oxygen atoms in total. The summed E-state index contributed by atoms with van der Waals surface area (Å²) in [6.07, 6.45) is 0.139. The van der Waals surface area contributed by atoms with E-state index in [1.807, 2.05) is 23.1 Å². The highest BCUT2D eigenvalue weighted by Gasteiger charge is 2.32. The first-order valence-corrected chi connectivity index (χ1v) is 8.16. The molecule has 3 rings (SSSR count). The van der Waals surface area contributed by atoms with Crippen molar-refractivity contribution in [1.29, 1.82) is 0 Å². The normalized spacial score (nSPS) is 24.2. The van der Waals surface area contributed by atoms with Crippen LogP contribution in [-0.2, 0) is 11.3 Å². The number of hydrogen-bond donors (Lipinski definition) is 2. The van der Waals surface area contributed by atoms with Gasteiger partial charge in [0, 0.05) is 44.3 Å². The molecule has 0 bridgehead atoms. The fourth-order valence-electron chi connectivity index (χ4n) is 3.15. The van der Waals surface area contributed by atoms with E-state index in [1.165, 1.54) is 5.56 Å². The summed E-state index contributed by atoms with van der Waals surface area (Å²) in [6.45, 7) is 4.61. The number of rotatable bonds is 3. The van der Waals surface area contributed by atoms with Crippen LogP contribution in [0.1, 0.15) is 12.0 Å². The van der Waals surface area contributed by atoms with E-state index in [2.05, 4.69) is 16.3 Å². The molecule has 0 radical (unpaired) electrons. The molecule has 2 aliphatic rings.